The van der Waals surface area contributed by atoms with E-state index in [1.165, 1.54) is 17.9 Å². The van der Waals surface area contributed by atoms with Crippen molar-refractivity contribution < 1.29 is 43.7 Å². The maximum atomic E-state index is 14.4. The van der Waals surface area contributed by atoms with Gasteiger partial charge in [0.1, 0.15) is 5.75 Å². The van der Waals surface area contributed by atoms with Crippen LogP contribution in [0.5, 0.6) is 5.75 Å². The molecule has 244 valence electrons. The minimum absolute atomic E-state index is 0.0603. The second-order valence-corrected chi connectivity index (χ2v) is 13.4. The highest BCUT2D eigenvalue weighted by molar-refractivity contribution is 6.33. The number of amides is 1. The summed E-state index contributed by atoms with van der Waals surface area (Å²) in [5.41, 5.74) is 2.42. The number of aromatic hydroxyl groups is 1. The van der Waals surface area contributed by atoms with Gasteiger partial charge >= 0.3 is 5.97 Å². The molecule has 2 fully saturated rings. The van der Waals surface area contributed by atoms with Crippen LogP contribution in [0.1, 0.15) is 48.7 Å². The van der Waals surface area contributed by atoms with Gasteiger partial charge in [0.25, 0.3) is 0 Å². The van der Waals surface area contributed by atoms with Gasteiger partial charge in [-0.3, -0.25) is 33.7 Å². The van der Waals surface area contributed by atoms with Crippen molar-refractivity contribution in [3.8, 4) is 16.9 Å². The van der Waals surface area contributed by atoms with E-state index in [1.54, 1.807) is 34.0 Å². The average molecular weight is 634 g/mol. The molecule has 3 aliphatic rings. The minimum Gasteiger partial charge on any atom is -0.507 e. The van der Waals surface area contributed by atoms with Gasteiger partial charge in [0, 0.05) is 12.0 Å². The van der Waals surface area contributed by atoms with Crippen LogP contribution in [0.3, 0.4) is 0 Å². The molecule has 5 N–H and O–H groups in total. The van der Waals surface area contributed by atoms with E-state index in [-0.39, 0.29) is 36.7 Å². The van der Waals surface area contributed by atoms with Crippen molar-refractivity contribution in [2.24, 2.45) is 28.4 Å². The van der Waals surface area contributed by atoms with Gasteiger partial charge in [0.2, 0.25) is 5.91 Å². The Balaban J connectivity index is 1.56. The number of rotatable bonds is 8. The van der Waals surface area contributed by atoms with E-state index in [9.17, 15) is 39.0 Å². The number of Topliss-reactive ketones (excluding diaryl/α,β-unsaturated/α-hetero) is 4. The molecule has 2 aromatic rings. The number of hydrogen-bond donors (Lipinski definition) is 4. The molecule has 12 nitrogen and oxygen atoms in total. The third kappa shape index (κ3) is 4.78. The summed E-state index contributed by atoms with van der Waals surface area (Å²) in [7, 11) is 3.10. The highest BCUT2D eigenvalue weighted by Gasteiger charge is 2.76. The van der Waals surface area contributed by atoms with E-state index >= 15 is 0 Å². The highest BCUT2D eigenvalue weighted by atomic mass is 16.5. The molecule has 6 atom stereocenters. The monoisotopic (exact) mass is 633 g/mol. The summed E-state index contributed by atoms with van der Waals surface area (Å²) in [5, 5.41) is 26.0. The molecule has 0 radical (unpaired) electrons. The maximum absolute atomic E-state index is 14.4. The van der Waals surface area contributed by atoms with Crippen molar-refractivity contribution in [2.75, 3.05) is 27.2 Å². The highest BCUT2D eigenvalue weighted by Crippen LogP contribution is 2.62. The van der Waals surface area contributed by atoms with Crippen molar-refractivity contribution >= 4 is 35.0 Å². The number of hydrogen-bond acceptors (Lipinski definition) is 11. The third-order valence-corrected chi connectivity index (χ3v) is 10.0. The van der Waals surface area contributed by atoms with Crippen LogP contribution in [0.15, 0.2) is 36.4 Å². The summed E-state index contributed by atoms with van der Waals surface area (Å²) >= 11 is 0. The first-order valence-electron chi connectivity index (χ1n) is 15.2. The third-order valence-electron chi connectivity index (χ3n) is 10.0. The van der Waals surface area contributed by atoms with Gasteiger partial charge in [-0.25, -0.2) is 0 Å². The zero-order valence-electron chi connectivity index (χ0n) is 26.5. The lowest BCUT2D eigenvalue weighted by Gasteiger charge is -2.61. The predicted octanol–water partition coefficient (Wildman–Crippen LogP) is 0.967. The quantitative estimate of drug-likeness (QED) is 0.239. The van der Waals surface area contributed by atoms with Gasteiger partial charge in [0.05, 0.1) is 30.7 Å². The normalized spacial score (nSPS) is 30.5. The second-order valence-electron chi connectivity index (χ2n) is 13.4. The fourth-order valence-electron chi connectivity index (χ4n) is 8.31. The SMILES string of the molecule is CCOC(=O)CNCc1ccc(-c2ccc(O)c3c2C[C@@]2(C)C[C@@]4(C)[C@H](N(C)C)C(=O)C(C(N)=O)C(=O)[C@@]4(O)C(=O)C2C3=O)cc1. The van der Waals surface area contributed by atoms with Gasteiger partial charge in [-0.15, -0.1) is 0 Å². The van der Waals surface area contributed by atoms with Crippen molar-refractivity contribution in [1.82, 2.24) is 10.2 Å². The first kappa shape index (κ1) is 33.1. The molecular weight excluding hydrogens is 594 g/mol. The number of carbonyl (C=O) groups excluding carboxylic acids is 6. The van der Waals surface area contributed by atoms with Crippen molar-refractivity contribution in [3.05, 3.63) is 53.1 Å². The summed E-state index contributed by atoms with van der Waals surface area (Å²) in [6.45, 7) is 5.70. The number of likely N-dealkylation sites (N-methyl/N-ethyl adjacent to an activating group) is 1. The van der Waals surface area contributed by atoms with E-state index in [4.69, 9.17) is 10.5 Å². The number of nitrogens with one attached hydrogen (secondary N) is 1. The molecule has 2 unspecified atom stereocenters. The molecule has 46 heavy (non-hydrogen) atoms. The maximum Gasteiger partial charge on any atom is 0.319 e. The van der Waals surface area contributed by atoms with Crippen LogP contribution >= 0.6 is 0 Å². The summed E-state index contributed by atoms with van der Waals surface area (Å²) in [5.74, 6) is -9.51. The summed E-state index contributed by atoms with van der Waals surface area (Å²) in [6, 6.07) is 9.25. The molecule has 0 heterocycles. The smallest absolute Gasteiger partial charge is 0.319 e. The zero-order valence-corrected chi connectivity index (χ0v) is 26.5. The Morgan fingerprint density at radius 3 is 2.28 bits per heavy atom. The van der Waals surface area contributed by atoms with Crippen molar-refractivity contribution in [3.63, 3.8) is 0 Å². The fourth-order valence-corrected chi connectivity index (χ4v) is 8.31. The molecule has 2 saturated carbocycles. The number of primary amides is 1. The van der Waals surface area contributed by atoms with Crippen LogP contribution in [-0.2, 0) is 41.7 Å². The summed E-state index contributed by atoms with van der Waals surface area (Å²) in [6.07, 6.45) is 0.0224. The number of aliphatic hydroxyl groups is 1. The number of phenols is 1. The van der Waals surface area contributed by atoms with Gasteiger partial charge in [0.15, 0.2) is 34.7 Å². The first-order chi connectivity index (χ1) is 21.5. The van der Waals surface area contributed by atoms with Crippen LogP contribution in [0.4, 0.5) is 0 Å². The lowest BCUT2D eigenvalue weighted by molar-refractivity contribution is -0.203. The molecule has 1 amide bonds. The van der Waals surface area contributed by atoms with E-state index in [0.29, 0.717) is 24.3 Å². The Bertz CT molecular complexity index is 1670. The number of phenolic OH excluding ortho intramolecular Hbond substituents is 1. The number of benzene rings is 2. The lowest BCUT2D eigenvalue weighted by Crippen LogP contribution is -2.79. The lowest BCUT2D eigenvalue weighted by atomic mass is 9.42. The van der Waals surface area contributed by atoms with E-state index < -0.39 is 63.3 Å². The largest absolute Gasteiger partial charge is 0.507 e. The fraction of sp³-hybridized carbons (Fsp3) is 0.471. The Labute approximate surface area is 266 Å². The number of ether oxygens (including phenoxy) is 1. The van der Waals surface area contributed by atoms with Gasteiger partial charge in [-0.05, 0) is 67.6 Å². The minimum atomic E-state index is -2.85. The molecule has 2 aromatic carbocycles. The molecular formula is C34H39N3O9. The Kier molecular flexibility index (Phi) is 8.29. The summed E-state index contributed by atoms with van der Waals surface area (Å²) in [4.78, 5) is 81.3. The van der Waals surface area contributed by atoms with E-state index in [1.807, 2.05) is 24.3 Å². The average Bonchev–Trinajstić information content (AvgIpc) is 2.95. The van der Waals surface area contributed by atoms with Gasteiger partial charge < -0.3 is 26.0 Å². The molecule has 12 heteroatoms. The topological polar surface area (TPSA) is 193 Å². The summed E-state index contributed by atoms with van der Waals surface area (Å²) < 4.78 is 4.92. The Morgan fingerprint density at radius 1 is 1.04 bits per heavy atom. The second kappa shape index (κ2) is 11.5. The van der Waals surface area contributed by atoms with Crippen LogP contribution in [0.2, 0.25) is 0 Å². The molecule has 0 spiro atoms. The van der Waals surface area contributed by atoms with E-state index in [0.717, 1.165) is 11.1 Å². The molecule has 3 aliphatic carbocycles. The number of nitrogens with zero attached hydrogens (tertiary/aromatic N) is 1. The molecule has 0 aromatic heterocycles. The first-order valence-corrected chi connectivity index (χ1v) is 15.2. The number of carbonyl (C=O) groups is 6. The number of fused-ring (bicyclic) bond motifs is 3. The van der Waals surface area contributed by atoms with Crippen LogP contribution in [-0.4, -0.2) is 89.0 Å². The predicted molar refractivity (Wildman–Crippen MR) is 164 cm³/mol. The molecule has 0 bridgehead atoms. The standard InChI is InChI=1S/C34H39N3O9/c1-6-46-22(39)15-36-14-17-7-9-18(10-8-17)19-11-12-21(38)23-20(19)13-32(2)16-33(3)28(37(4)5)27(41)24(31(35)44)29(42)34(33,45)30(43)25(32)26(23)40/h7-12,24-25,28,36,38,45H,6,13-16H2,1-5H3,(H2,35,44)/t24?,25?,28-,32+,33+,34-/m1/s1. The van der Waals surface area contributed by atoms with Crippen LogP contribution < -0.4 is 11.1 Å². The van der Waals surface area contributed by atoms with E-state index in [2.05, 4.69) is 5.32 Å². The number of esters is 1. The molecule has 5 rings (SSSR count). The number of nitrogens with two attached hydrogens (primary N) is 1. The zero-order chi connectivity index (χ0) is 33.9. The van der Waals surface area contributed by atoms with Gasteiger partial charge in [-0.2, -0.15) is 0 Å². The Morgan fingerprint density at radius 2 is 1.70 bits per heavy atom. The number of ketones is 4. The Hall–Kier alpha value is -4.26. The van der Waals surface area contributed by atoms with Crippen molar-refractivity contribution in [2.45, 2.75) is 51.8 Å². The van der Waals surface area contributed by atoms with Gasteiger partial charge in [-0.1, -0.05) is 44.2 Å². The van der Waals surface area contributed by atoms with Crippen molar-refractivity contribution in [1.29, 1.82) is 0 Å². The molecule has 0 aliphatic heterocycles. The molecule has 0 saturated heterocycles. The van der Waals surface area contributed by atoms with Crippen LogP contribution in [0, 0.1) is 22.7 Å². The van der Waals surface area contributed by atoms with Crippen LogP contribution in [0.25, 0.3) is 11.1 Å².